The number of carbonyl (C=O) groups is 1. The lowest BCUT2D eigenvalue weighted by molar-refractivity contribution is -0.148. The van der Waals surface area contributed by atoms with Crippen LogP contribution in [-0.2, 0) is 16.0 Å². The molecule has 2 heterocycles. The highest BCUT2D eigenvalue weighted by atomic mass is 19.1. The van der Waals surface area contributed by atoms with E-state index in [1.54, 1.807) is 18.2 Å². The molecule has 0 spiro atoms. The van der Waals surface area contributed by atoms with Crippen molar-refractivity contribution in [1.82, 2.24) is 4.90 Å². The van der Waals surface area contributed by atoms with E-state index in [-0.39, 0.29) is 17.5 Å². The molecule has 2 aliphatic heterocycles. The molecule has 0 aliphatic carbocycles. The Labute approximate surface area is 170 Å². The molecule has 29 heavy (non-hydrogen) atoms. The largest absolute Gasteiger partial charge is 0.508 e. The van der Waals surface area contributed by atoms with Gasteiger partial charge in [-0.3, -0.25) is 4.79 Å². The van der Waals surface area contributed by atoms with E-state index in [4.69, 9.17) is 4.74 Å². The van der Waals surface area contributed by atoms with Crippen LogP contribution in [0.4, 0.5) is 10.1 Å². The van der Waals surface area contributed by atoms with Crippen molar-refractivity contribution in [2.75, 3.05) is 44.3 Å². The van der Waals surface area contributed by atoms with Gasteiger partial charge < -0.3 is 19.6 Å². The van der Waals surface area contributed by atoms with Crippen LogP contribution in [0.3, 0.4) is 0 Å². The van der Waals surface area contributed by atoms with Crippen molar-refractivity contribution in [3.63, 3.8) is 0 Å². The molecule has 2 saturated heterocycles. The summed E-state index contributed by atoms with van der Waals surface area (Å²) in [6, 6.07) is 13.7. The first-order chi connectivity index (χ1) is 14.1. The minimum atomic E-state index is -0.521. The van der Waals surface area contributed by atoms with Crippen LogP contribution >= 0.6 is 0 Å². The van der Waals surface area contributed by atoms with Gasteiger partial charge in [-0.1, -0.05) is 12.1 Å². The third-order valence-electron chi connectivity index (χ3n) is 6.12. The standard InChI is InChI=1S/C23H27FN2O3/c24-19-3-1-2-18(16-19)17-23(8-14-29-15-9-23)22(28)26-12-10-25(11-13-26)20-4-6-21(27)7-5-20/h1-7,16,27H,8-15,17H2. The second kappa shape index (κ2) is 8.41. The molecule has 0 bridgehead atoms. The van der Waals surface area contributed by atoms with E-state index in [2.05, 4.69) is 4.90 Å². The average Bonchev–Trinajstić information content (AvgIpc) is 2.75. The summed E-state index contributed by atoms with van der Waals surface area (Å²) in [5.74, 6) is 0.149. The number of nitrogens with zero attached hydrogens (tertiary/aromatic N) is 2. The maximum Gasteiger partial charge on any atom is 0.229 e. The molecule has 2 aromatic rings. The van der Waals surface area contributed by atoms with E-state index >= 15 is 0 Å². The molecule has 2 aromatic carbocycles. The van der Waals surface area contributed by atoms with Gasteiger partial charge in [0.25, 0.3) is 0 Å². The molecule has 0 radical (unpaired) electrons. The summed E-state index contributed by atoms with van der Waals surface area (Å²) in [7, 11) is 0. The Morgan fingerprint density at radius 2 is 1.72 bits per heavy atom. The van der Waals surface area contributed by atoms with Crippen LogP contribution in [0.5, 0.6) is 5.75 Å². The van der Waals surface area contributed by atoms with Gasteiger partial charge >= 0.3 is 0 Å². The molecule has 0 saturated carbocycles. The monoisotopic (exact) mass is 398 g/mol. The van der Waals surface area contributed by atoms with Gasteiger partial charge in [0.2, 0.25) is 5.91 Å². The van der Waals surface area contributed by atoms with E-state index in [1.807, 2.05) is 23.1 Å². The summed E-state index contributed by atoms with van der Waals surface area (Å²) < 4.78 is 19.2. The maximum absolute atomic E-state index is 13.7. The summed E-state index contributed by atoms with van der Waals surface area (Å²) in [4.78, 5) is 17.8. The number of amides is 1. The predicted octanol–water partition coefficient (Wildman–Crippen LogP) is 3.22. The van der Waals surface area contributed by atoms with Crippen molar-refractivity contribution in [3.05, 3.63) is 59.9 Å². The van der Waals surface area contributed by atoms with Gasteiger partial charge in [-0.25, -0.2) is 4.39 Å². The number of phenolic OH excluding ortho intramolecular Hbond substituents is 1. The quantitative estimate of drug-likeness (QED) is 0.859. The highest BCUT2D eigenvalue weighted by molar-refractivity contribution is 5.83. The van der Waals surface area contributed by atoms with Gasteiger partial charge in [0.1, 0.15) is 11.6 Å². The topological polar surface area (TPSA) is 53.0 Å². The lowest BCUT2D eigenvalue weighted by atomic mass is 9.74. The first-order valence-corrected chi connectivity index (χ1v) is 10.2. The second-order valence-electron chi connectivity index (χ2n) is 8.00. The van der Waals surface area contributed by atoms with Crippen molar-refractivity contribution in [2.24, 2.45) is 5.41 Å². The zero-order valence-electron chi connectivity index (χ0n) is 16.5. The number of rotatable bonds is 4. The van der Waals surface area contributed by atoms with Gasteiger partial charge in [0, 0.05) is 45.1 Å². The normalized spacial score (nSPS) is 19.2. The van der Waals surface area contributed by atoms with Gasteiger partial charge in [0.05, 0.1) is 5.41 Å². The van der Waals surface area contributed by atoms with Gasteiger partial charge in [-0.2, -0.15) is 0 Å². The molecule has 5 nitrogen and oxygen atoms in total. The summed E-state index contributed by atoms with van der Waals surface area (Å²) in [6.07, 6.45) is 1.88. The molecule has 0 unspecified atom stereocenters. The molecule has 1 N–H and O–H groups in total. The number of phenols is 1. The van der Waals surface area contributed by atoms with Crippen molar-refractivity contribution in [1.29, 1.82) is 0 Å². The van der Waals surface area contributed by atoms with Crippen LogP contribution in [-0.4, -0.2) is 55.3 Å². The lowest BCUT2D eigenvalue weighted by Gasteiger charge is -2.43. The number of aromatic hydroxyl groups is 1. The van der Waals surface area contributed by atoms with Crippen LogP contribution in [0.15, 0.2) is 48.5 Å². The Hall–Kier alpha value is -2.60. The van der Waals surface area contributed by atoms with Crippen molar-refractivity contribution in [3.8, 4) is 5.75 Å². The molecule has 2 fully saturated rings. The first-order valence-electron chi connectivity index (χ1n) is 10.2. The Balaban J connectivity index is 1.46. The highest BCUT2D eigenvalue weighted by Gasteiger charge is 2.43. The molecular weight excluding hydrogens is 371 g/mol. The Morgan fingerprint density at radius 1 is 1.03 bits per heavy atom. The Kier molecular flexibility index (Phi) is 5.72. The number of anilines is 1. The zero-order valence-corrected chi connectivity index (χ0v) is 16.5. The summed E-state index contributed by atoms with van der Waals surface area (Å²) >= 11 is 0. The van der Waals surface area contributed by atoms with Crippen LogP contribution in [0.1, 0.15) is 18.4 Å². The Morgan fingerprint density at radius 3 is 2.38 bits per heavy atom. The SMILES string of the molecule is O=C(N1CCN(c2ccc(O)cc2)CC1)C1(Cc2cccc(F)c2)CCOCC1. The second-order valence-corrected chi connectivity index (χ2v) is 8.00. The maximum atomic E-state index is 13.7. The number of hydrogen-bond acceptors (Lipinski definition) is 4. The summed E-state index contributed by atoms with van der Waals surface area (Å²) in [5, 5.41) is 9.48. The summed E-state index contributed by atoms with van der Waals surface area (Å²) in [6.45, 7) is 3.95. The first kappa shape index (κ1) is 19.7. The van der Waals surface area contributed by atoms with Crippen molar-refractivity contribution in [2.45, 2.75) is 19.3 Å². The fraction of sp³-hybridized carbons (Fsp3) is 0.435. The molecule has 4 rings (SSSR count). The molecule has 0 aromatic heterocycles. The predicted molar refractivity (Wildman–Crippen MR) is 109 cm³/mol. The number of piperazine rings is 1. The van der Waals surface area contributed by atoms with Gasteiger partial charge in [0.15, 0.2) is 0 Å². The van der Waals surface area contributed by atoms with Gasteiger partial charge in [-0.15, -0.1) is 0 Å². The van der Waals surface area contributed by atoms with E-state index in [9.17, 15) is 14.3 Å². The zero-order chi connectivity index (χ0) is 20.3. The van der Waals surface area contributed by atoms with E-state index in [0.717, 1.165) is 24.3 Å². The fourth-order valence-electron chi connectivity index (χ4n) is 4.43. The minimum absolute atomic E-state index is 0.162. The number of ether oxygens (including phenoxy) is 1. The van der Waals surface area contributed by atoms with Crippen molar-refractivity contribution < 1.29 is 19.0 Å². The highest BCUT2D eigenvalue weighted by Crippen LogP contribution is 2.37. The number of carbonyl (C=O) groups excluding carboxylic acids is 1. The fourth-order valence-corrected chi connectivity index (χ4v) is 4.43. The molecular formula is C23H27FN2O3. The van der Waals surface area contributed by atoms with Crippen LogP contribution < -0.4 is 4.90 Å². The minimum Gasteiger partial charge on any atom is -0.508 e. The molecule has 1 amide bonds. The van der Waals surface area contributed by atoms with E-state index < -0.39 is 5.41 Å². The third kappa shape index (κ3) is 4.37. The number of hydrogen-bond donors (Lipinski definition) is 1. The number of halogens is 1. The van der Waals surface area contributed by atoms with Gasteiger partial charge in [-0.05, 0) is 61.2 Å². The molecule has 154 valence electrons. The summed E-state index contributed by atoms with van der Waals surface area (Å²) in [5.41, 5.74) is 1.39. The Bertz CT molecular complexity index is 841. The van der Waals surface area contributed by atoms with Crippen LogP contribution in [0, 0.1) is 11.2 Å². The van der Waals surface area contributed by atoms with Crippen LogP contribution in [0.25, 0.3) is 0 Å². The molecule has 2 aliphatic rings. The number of benzene rings is 2. The molecule has 0 atom stereocenters. The third-order valence-corrected chi connectivity index (χ3v) is 6.12. The smallest absolute Gasteiger partial charge is 0.229 e. The van der Waals surface area contributed by atoms with Crippen LogP contribution in [0.2, 0.25) is 0 Å². The molecule has 6 heteroatoms. The van der Waals surface area contributed by atoms with E-state index in [0.29, 0.717) is 45.6 Å². The lowest BCUT2D eigenvalue weighted by Crippen LogP contribution is -2.55. The van der Waals surface area contributed by atoms with Crippen molar-refractivity contribution >= 4 is 11.6 Å². The van der Waals surface area contributed by atoms with E-state index in [1.165, 1.54) is 12.1 Å². The average molecular weight is 398 g/mol.